The lowest BCUT2D eigenvalue weighted by molar-refractivity contribution is -0.125. The molecule has 0 radical (unpaired) electrons. The Bertz CT molecular complexity index is 494. The molecule has 4 N–H and O–H groups in total. The quantitative estimate of drug-likeness (QED) is 0.132. The first-order chi connectivity index (χ1) is 13.5. The van der Waals surface area contributed by atoms with Crippen LogP contribution in [0.15, 0.2) is 12.7 Å². The number of carbonyl (C=O) groups is 2. The van der Waals surface area contributed by atoms with Crippen molar-refractivity contribution in [3.63, 3.8) is 0 Å². The Hall–Kier alpha value is -1.21. The highest BCUT2D eigenvalue weighted by Gasteiger charge is 2.25. The fourth-order valence-corrected chi connectivity index (χ4v) is 3.17. The Balaban J connectivity index is 0. The van der Waals surface area contributed by atoms with Crippen LogP contribution in [0.1, 0.15) is 78.6 Å². The Labute approximate surface area is 176 Å². The monoisotopic (exact) mass is 436 g/mol. The largest absolute Gasteiger partial charge is 0.483 e. The minimum atomic E-state index is -3.68. The molecule has 0 saturated carbocycles. The van der Waals surface area contributed by atoms with Gasteiger partial charge in [-0.15, -0.1) is 6.58 Å². The first-order valence-corrected chi connectivity index (χ1v) is 11.9. The van der Waals surface area contributed by atoms with Gasteiger partial charge in [0, 0.05) is 12.6 Å². The van der Waals surface area contributed by atoms with Crippen LogP contribution in [-0.2, 0) is 18.7 Å². The van der Waals surface area contributed by atoms with Crippen molar-refractivity contribution < 1.29 is 28.7 Å². The van der Waals surface area contributed by atoms with Crippen LogP contribution < -0.4 is 10.6 Å². The lowest BCUT2D eigenvalue weighted by atomic mass is 10.0. The van der Waals surface area contributed by atoms with Crippen LogP contribution in [-0.4, -0.2) is 47.4 Å². The molecule has 0 rings (SSSR count). The number of carbonyl (C=O) groups excluding carboxylic acids is 1. The third-order valence-corrected chi connectivity index (χ3v) is 5.19. The maximum atomic E-state index is 12.4. The Kier molecular flexibility index (Phi) is 18.2. The highest BCUT2D eigenvalue weighted by Crippen LogP contribution is 2.39. The average Bonchev–Trinajstić information content (AvgIpc) is 2.61. The Morgan fingerprint density at radius 3 is 2.07 bits per heavy atom. The van der Waals surface area contributed by atoms with Gasteiger partial charge in [-0.2, -0.15) is 0 Å². The molecule has 29 heavy (non-hydrogen) atoms. The van der Waals surface area contributed by atoms with Crippen molar-refractivity contribution in [2.24, 2.45) is 0 Å². The maximum Gasteiger partial charge on any atom is 0.341 e. The Morgan fingerprint density at radius 1 is 1.14 bits per heavy atom. The van der Waals surface area contributed by atoms with Gasteiger partial charge >= 0.3 is 7.60 Å². The van der Waals surface area contributed by atoms with Crippen LogP contribution in [0.5, 0.6) is 0 Å². The van der Waals surface area contributed by atoms with Crippen molar-refractivity contribution in [2.75, 3.05) is 13.4 Å². The van der Waals surface area contributed by atoms with Gasteiger partial charge in [-0.25, -0.2) is 0 Å². The fraction of sp³-hybridized carbons (Fsp3) is 0.800. The van der Waals surface area contributed by atoms with E-state index in [4.69, 9.17) is 9.90 Å². The highest BCUT2D eigenvalue weighted by molar-refractivity contribution is 7.52. The minimum absolute atomic E-state index is 0.141. The second-order valence-corrected chi connectivity index (χ2v) is 9.88. The van der Waals surface area contributed by atoms with Crippen molar-refractivity contribution >= 4 is 20.0 Å². The average molecular weight is 437 g/mol. The zero-order chi connectivity index (χ0) is 22.8. The number of rotatable bonds is 15. The number of hydrogen-bond acceptors (Lipinski definition) is 5. The SMILES string of the molecule is C=CCCCCCCCCCC(NCP(=O)(O)OC)C(=O)NC(C)(C)C.O=CO. The van der Waals surface area contributed by atoms with E-state index in [0.29, 0.717) is 6.42 Å². The number of amides is 1. The van der Waals surface area contributed by atoms with E-state index in [-0.39, 0.29) is 24.2 Å². The smallest absolute Gasteiger partial charge is 0.341 e. The molecule has 0 heterocycles. The third-order valence-electron chi connectivity index (χ3n) is 4.04. The molecule has 0 fully saturated rings. The van der Waals surface area contributed by atoms with Crippen molar-refractivity contribution in [3.8, 4) is 0 Å². The molecule has 0 aromatic carbocycles. The normalized spacial score (nSPS) is 14.1. The van der Waals surface area contributed by atoms with Crippen LogP contribution in [0, 0.1) is 0 Å². The van der Waals surface area contributed by atoms with Crippen molar-refractivity contribution in [3.05, 3.63) is 12.7 Å². The number of allylic oxidation sites excluding steroid dienone is 1. The minimum Gasteiger partial charge on any atom is -0.483 e. The van der Waals surface area contributed by atoms with Crippen molar-refractivity contribution in [2.45, 2.75) is 90.1 Å². The van der Waals surface area contributed by atoms with Gasteiger partial charge in [0.15, 0.2) is 0 Å². The molecule has 1 amide bonds. The topological polar surface area (TPSA) is 125 Å². The fourth-order valence-electron chi connectivity index (χ4n) is 2.59. The third kappa shape index (κ3) is 21.3. The summed E-state index contributed by atoms with van der Waals surface area (Å²) in [4.78, 5) is 30.3. The number of carboxylic acid groups (broad SMARTS) is 1. The number of nitrogens with one attached hydrogen (secondary N) is 2. The van der Waals surface area contributed by atoms with Crippen molar-refractivity contribution in [1.82, 2.24) is 10.6 Å². The van der Waals surface area contributed by atoms with Crippen LogP contribution in [0.3, 0.4) is 0 Å². The summed E-state index contributed by atoms with van der Waals surface area (Å²) in [6, 6.07) is -0.488. The van der Waals surface area contributed by atoms with E-state index in [1.54, 1.807) is 0 Å². The maximum absolute atomic E-state index is 12.4. The summed E-state index contributed by atoms with van der Waals surface area (Å²) in [6.07, 6.45) is 11.5. The predicted octanol–water partition coefficient (Wildman–Crippen LogP) is 4.05. The van der Waals surface area contributed by atoms with Gasteiger partial charge in [-0.1, -0.05) is 44.6 Å². The van der Waals surface area contributed by atoms with E-state index in [1.807, 2.05) is 26.8 Å². The van der Waals surface area contributed by atoms with Gasteiger partial charge in [-0.05, 0) is 40.0 Å². The van der Waals surface area contributed by atoms with Gasteiger partial charge in [-0.3, -0.25) is 19.5 Å². The molecule has 0 bridgehead atoms. The molecule has 2 atom stereocenters. The molecular weight excluding hydrogens is 395 g/mol. The predicted molar refractivity (Wildman–Crippen MR) is 117 cm³/mol. The molecule has 8 nitrogen and oxygen atoms in total. The second-order valence-electron chi connectivity index (χ2n) is 7.92. The number of hydrogen-bond donors (Lipinski definition) is 4. The summed E-state index contributed by atoms with van der Waals surface area (Å²) in [5.74, 6) is -0.141. The molecular formula is C20H41N2O6P. The van der Waals surface area contributed by atoms with E-state index in [2.05, 4.69) is 21.7 Å². The zero-order valence-corrected chi connectivity index (χ0v) is 19.4. The van der Waals surface area contributed by atoms with Gasteiger partial charge in [0.1, 0.15) is 0 Å². The summed E-state index contributed by atoms with van der Waals surface area (Å²) in [7, 11) is -2.48. The Morgan fingerprint density at radius 2 is 1.62 bits per heavy atom. The van der Waals surface area contributed by atoms with E-state index in [0.717, 1.165) is 25.7 Å². The van der Waals surface area contributed by atoms with Gasteiger partial charge in [0.2, 0.25) is 5.91 Å². The van der Waals surface area contributed by atoms with Crippen LogP contribution >= 0.6 is 7.60 Å². The van der Waals surface area contributed by atoms with Crippen LogP contribution in [0.4, 0.5) is 0 Å². The molecule has 0 aromatic heterocycles. The second kappa shape index (κ2) is 17.6. The molecule has 0 saturated heterocycles. The molecule has 0 aromatic rings. The summed E-state index contributed by atoms with van der Waals surface area (Å²) < 4.78 is 16.2. The molecule has 0 spiro atoms. The molecule has 2 unspecified atom stereocenters. The standard InChI is InChI=1S/C19H39N2O4P.CH2O2/c1-6-7-8-9-10-11-12-13-14-15-17(18(22)21-19(2,3)4)20-16-26(23,24)25-5;2-1-3/h6,17,20H,1,7-16H2,2-5H3,(H,21,22)(H,23,24);1H,(H,2,3). The molecule has 0 aliphatic carbocycles. The van der Waals surface area contributed by atoms with Crippen molar-refractivity contribution in [1.29, 1.82) is 0 Å². The molecule has 0 aliphatic heterocycles. The highest BCUT2D eigenvalue weighted by atomic mass is 31.2. The lowest BCUT2D eigenvalue weighted by Crippen LogP contribution is -2.50. The molecule has 9 heteroatoms. The van der Waals surface area contributed by atoms with Gasteiger partial charge in [0.25, 0.3) is 6.47 Å². The molecule has 172 valence electrons. The van der Waals surface area contributed by atoms with E-state index >= 15 is 0 Å². The van der Waals surface area contributed by atoms with Gasteiger partial charge < -0.3 is 19.8 Å². The van der Waals surface area contributed by atoms with Crippen LogP contribution in [0.25, 0.3) is 0 Å². The number of unbranched alkanes of at least 4 members (excludes halogenated alkanes) is 7. The van der Waals surface area contributed by atoms with E-state index in [9.17, 15) is 14.3 Å². The summed E-state index contributed by atoms with van der Waals surface area (Å²) >= 11 is 0. The van der Waals surface area contributed by atoms with E-state index < -0.39 is 13.6 Å². The lowest BCUT2D eigenvalue weighted by Gasteiger charge is -2.26. The summed E-state index contributed by atoms with van der Waals surface area (Å²) in [6.45, 7) is 9.23. The zero-order valence-electron chi connectivity index (χ0n) is 18.5. The van der Waals surface area contributed by atoms with Gasteiger partial charge in [0.05, 0.1) is 12.3 Å². The first-order valence-electron chi connectivity index (χ1n) is 10.1. The first kappa shape index (κ1) is 30.0. The summed E-state index contributed by atoms with van der Waals surface area (Å²) in [5, 5.41) is 12.7. The van der Waals surface area contributed by atoms with E-state index in [1.165, 1.54) is 32.8 Å². The molecule has 0 aliphatic rings. The summed E-state index contributed by atoms with van der Waals surface area (Å²) in [5.41, 5.74) is -0.341. The van der Waals surface area contributed by atoms with Crippen LogP contribution in [0.2, 0.25) is 0 Å².